The molecule has 0 radical (unpaired) electrons. The van der Waals surface area contributed by atoms with Crippen LogP contribution in [0.5, 0.6) is 0 Å². The molecule has 2 rings (SSSR count). The van der Waals surface area contributed by atoms with Gasteiger partial charge in [-0.05, 0) is 0 Å². The second-order valence-electron chi connectivity index (χ2n) is 3.46. The molecule has 0 saturated carbocycles. The number of nitrogens with zero attached hydrogens (tertiary/aromatic N) is 1. The van der Waals surface area contributed by atoms with Crippen LogP contribution in [0.15, 0.2) is 29.1 Å². The van der Waals surface area contributed by atoms with E-state index in [0.717, 1.165) is 0 Å². The number of para-hydroxylation sites is 1. The fourth-order valence-electron chi connectivity index (χ4n) is 1.65. The van der Waals surface area contributed by atoms with Gasteiger partial charge in [0.05, 0.1) is 4.92 Å². The predicted molar refractivity (Wildman–Crippen MR) is 65.2 cm³/mol. The molecule has 1 heterocycles. The number of rotatable bonds is 1. The maximum atomic E-state index is 11.4. The van der Waals surface area contributed by atoms with E-state index in [-0.39, 0.29) is 17.8 Å². The Morgan fingerprint density at radius 3 is 2.89 bits per heavy atom. The lowest BCUT2D eigenvalue weighted by molar-refractivity contribution is -0.383. The summed E-state index contributed by atoms with van der Waals surface area (Å²) < 4.78 is 0. The monoisotopic (exact) mass is 244 g/mol. The van der Waals surface area contributed by atoms with Crippen LogP contribution >= 0.6 is 0 Å². The normalized spacial score (nSPS) is 9.83. The lowest BCUT2D eigenvalue weighted by atomic mass is 10.1. The minimum Gasteiger partial charge on any atom is -0.384 e. The molecule has 2 aromatic rings. The fourth-order valence-corrected chi connectivity index (χ4v) is 1.65. The lowest BCUT2D eigenvalue weighted by Gasteiger charge is -2.01. The third-order valence-corrected chi connectivity index (χ3v) is 2.36. The molecule has 0 saturated heterocycles. The molecule has 1 aromatic heterocycles. The number of nitrogens with one attached hydrogen (secondary N) is 1. The first-order chi connectivity index (χ1) is 8.63. The largest absolute Gasteiger partial charge is 0.384 e. The van der Waals surface area contributed by atoms with Crippen molar-refractivity contribution < 1.29 is 10.0 Å². The Balaban J connectivity index is 2.86. The zero-order valence-corrected chi connectivity index (χ0v) is 9.14. The molecule has 18 heavy (non-hydrogen) atoms. The van der Waals surface area contributed by atoms with E-state index < -0.39 is 10.5 Å². The molecule has 0 aliphatic rings. The number of non-ortho nitro benzene ring substituents is 1. The summed E-state index contributed by atoms with van der Waals surface area (Å²) in [5, 5.41) is 20.0. The molecule has 0 unspecified atom stereocenters. The van der Waals surface area contributed by atoms with Gasteiger partial charge >= 0.3 is 0 Å². The molecule has 0 bridgehead atoms. The maximum absolute atomic E-state index is 11.4. The Hall–Kier alpha value is -2.65. The van der Waals surface area contributed by atoms with Gasteiger partial charge in [-0.15, -0.1) is 0 Å². The Morgan fingerprint density at radius 1 is 1.44 bits per heavy atom. The third kappa shape index (κ3) is 2.07. The van der Waals surface area contributed by atoms with E-state index >= 15 is 0 Å². The maximum Gasteiger partial charge on any atom is 0.293 e. The Labute approximate surface area is 101 Å². The van der Waals surface area contributed by atoms with Gasteiger partial charge < -0.3 is 10.1 Å². The first-order valence-corrected chi connectivity index (χ1v) is 5.03. The number of aliphatic hydroxyl groups is 1. The van der Waals surface area contributed by atoms with Gasteiger partial charge in [-0.3, -0.25) is 14.9 Å². The minimum atomic E-state index is -0.568. The van der Waals surface area contributed by atoms with Crippen LogP contribution in [0.2, 0.25) is 0 Å². The number of hydrogen-bond acceptors (Lipinski definition) is 4. The second kappa shape index (κ2) is 4.69. The van der Waals surface area contributed by atoms with E-state index in [1.165, 1.54) is 18.2 Å². The SMILES string of the molecule is O=c1cc(C#CCO)c2cccc([N+](=O)[O-])c2[nH]1. The molecule has 0 amide bonds. The van der Waals surface area contributed by atoms with Crippen LogP contribution in [0.4, 0.5) is 5.69 Å². The van der Waals surface area contributed by atoms with Crippen molar-refractivity contribution >= 4 is 16.6 Å². The summed E-state index contributed by atoms with van der Waals surface area (Å²) in [6.07, 6.45) is 0. The van der Waals surface area contributed by atoms with E-state index in [9.17, 15) is 14.9 Å². The summed E-state index contributed by atoms with van der Waals surface area (Å²) in [6.45, 7) is -0.344. The van der Waals surface area contributed by atoms with Crippen molar-refractivity contribution in [1.82, 2.24) is 4.98 Å². The molecular weight excluding hydrogens is 236 g/mol. The van der Waals surface area contributed by atoms with Crippen molar-refractivity contribution in [2.24, 2.45) is 0 Å². The lowest BCUT2D eigenvalue weighted by Crippen LogP contribution is -2.06. The number of fused-ring (bicyclic) bond motifs is 1. The first-order valence-electron chi connectivity index (χ1n) is 5.03. The molecule has 0 aliphatic carbocycles. The predicted octanol–water partition coefficient (Wildman–Crippen LogP) is 0.780. The van der Waals surface area contributed by atoms with Crippen LogP contribution in [-0.2, 0) is 0 Å². The van der Waals surface area contributed by atoms with Gasteiger partial charge in [-0.2, -0.15) is 0 Å². The molecule has 0 aliphatic heterocycles. The van der Waals surface area contributed by atoms with Crippen molar-refractivity contribution in [2.75, 3.05) is 6.61 Å². The highest BCUT2D eigenvalue weighted by Gasteiger charge is 2.13. The number of aromatic nitrogens is 1. The van der Waals surface area contributed by atoms with Gasteiger partial charge in [0.1, 0.15) is 12.1 Å². The van der Waals surface area contributed by atoms with E-state index in [1.807, 2.05) is 0 Å². The number of benzene rings is 1. The highest BCUT2D eigenvalue weighted by molar-refractivity contribution is 5.91. The number of aromatic amines is 1. The highest BCUT2D eigenvalue weighted by atomic mass is 16.6. The van der Waals surface area contributed by atoms with Gasteiger partial charge in [0.15, 0.2) is 0 Å². The van der Waals surface area contributed by atoms with Crippen LogP contribution in [-0.4, -0.2) is 21.6 Å². The Morgan fingerprint density at radius 2 is 2.22 bits per heavy atom. The number of nitro groups is 1. The van der Waals surface area contributed by atoms with E-state index in [1.54, 1.807) is 6.07 Å². The molecule has 0 spiro atoms. The summed E-state index contributed by atoms with van der Waals surface area (Å²) in [5.74, 6) is 5.02. The molecule has 0 atom stereocenters. The smallest absolute Gasteiger partial charge is 0.293 e. The zero-order chi connectivity index (χ0) is 13.1. The third-order valence-electron chi connectivity index (χ3n) is 2.36. The molecule has 1 aromatic carbocycles. The van der Waals surface area contributed by atoms with Crippen molar-refractivity contribution in [3.8, 4) is 11.8 Å². The van der Waals surface area contributed by atoms with Crippen LogP contribution < -0.4 is 5.56 Å². The van der Waals surface area contributed by atoms with Crippen LogP contribution in [0.25, 0.3) is 10.9 Å². The van der Waals surface area contributed by atoms with E-state index in [4.69, 9.17) is 5.11 Å². The zero-order valence-electron chi connectivity index (χ0n) is 9.14. The summed E-state index contributed by atoms with van der Waals surface area (Å²) in [7, 11) is 0. The number of H-pyrrole nitrogens is 1. The highest BCUT2D eigenvalue weighted by Crippen LogP contribution is 2.24. The van der Waals surface area contributed by atoms with Gasteiger partial charge in [0.2, 0.25) is 5.56 Å². The average Bonchev–Trinajstić information content (AvgIpc) is 2.34. The number of hydrogen-bond donors (Lipinski definition) is 2. The fraction of sp³-hybridized carbons (Fsp3) is 0.0833. The molecule has 90 valence electrons. The van der Waals surface area contributed by atoms with E-state index in [0.29, 0.717) is 10.9 Å². The molecule has 0 fully saturated rings. The molecule has 6 heteroatoms. The van der Waals surface area contributed by atoms with Crippen LogP contribution in [0, 0.1) is 22.0 Å². The van der Waals surface area contributed by atoms with Crippen LogP contribution in [0.3, 0.4) is 0 Å². The summed E-state index contributed by atoms with van der Waals surface area (Å²) >= 11 is 0. The Kier molecular flexibility index (Phi) is 3.08. The average molecular weight is 244 g/mol. The topological polar surface area (TPSA) is 96.2 Å². The molecular formula is C12H8N2O4. The van der Waals surface area contributed by atoms with Gasteiger partial charge in [0, 0.05) is 23.1 Å². The summed E-state index contributed by atoms with van der Waals surface area (Å²) in [6, 6.07) is 5.69. The van der Waals surface area contributed by atoms with Crippen molar-refractivity contribution in [3.63, 3.8) is 0 Å². The van der Waals surface area contributed by atoms with Crippen molar-refractivity contribution in [3.05, 3.63) is 50.3 Å². The van der Waals surface area contributed by atoms with E-state index in [2.05, 4.69) is 16.8 Å². The Bertz CT molecular complexity index is 737. The van der Waals surface area contributed by atoms with Crippen molar-refractivity contribution in [1.29, 1.82) is 0 Å². The number of nitro benzene ring substituents is 1. The standard InChI is InChI=1S/C12H8N2O4/c15-6-2-3-8-7-11(16)13-12-9(8)4-1-5-10(12)14(17)18/h1,4-5,7,15H,6H2,(H,13,16). The molecule has 2 N–H and O–H groups in total. The number of aliphatic hydroxyl groups excluding tert-OH is 1. The summed E-state index contributed by atoms with van der Waals surface area (Å²) in [5.41, 5.74) is -0.167. The molecule has 6 nitrogen and oxygen atoms in total. The minimum absolute atomic E-state index is 0.136. The second-order valence-corrected chi connectivity index (χ2v) is 3.46. The van der Waals surface area contributed by atoms with Gasteiger partial charge in [-0.25, -0.2) is 0 Å². The van der Waals surface area contributed by atoms with Crippen LogP contribution in [0.1, 0.15) is 5.56 Å². The van der Waals surface area contributed by atoms with Crippen molar-refractivity contribution in [2.45, 2.75) is 0 Å². The number of pyridine rings is 1. The van der Waals surface area contributed by atoms with Gasteiger partial charge in [0.25, 0.3) is 5.69 Å². The quantitative estimate of drug-likeness (QED) is 0.440. The first kappa shape index (κ1) is 11.8. The van der Waals surface area contributed by atoms with Gasteiger partial charge in [-0.1, -0.05) is 24.0 Å². The summed E-state index contributed by atoms with van der Waals surface area (Å²) in [4.78, 5) is 24.2.